The van der Waals surface area contributed by atoms with Crippen molar-refractivity contribution in [2.24, 2.45) is 17.6 Å². The largest absolute Gasteiger partial charge is 0.390 e. The summed E-state index contributed by atoms with van der Waals surface area (Å²) in [4.78, 5) is 0. The molecule has 72 valence electrons. The third-order valence-corrected chi connectivity index (χ3v) is 2.87. The van der Waals surface area contributed by atoms with Crippen molar-refractivity contribution < 1.29 is 5.11 Å². The zero-order valence-corrected chi connectivity index (χ0v) is 8.21. The van der Waals surface area contributed by atoms with Gasteiger partial charge in [-0.2, -0.15) is 0 Å². The molecular formula is C10H21NO. The minimum absolute atomic E-state index is 0.453. The lowest BCUT2D eigenvalue weighted by Gasteiger charge is -2.38. The lowest BCUT2D eigenvalue weighted by atomic mass is 9.72. The van der Waals surface area contributed by atoms with Gasteiger partial charge in [0.1, 0.15) is 0 Å². The lowest BCUT2D eigenvalue weighted by molar-refractivity contribution is -0.0355. The zero-order valence-electron chi connectivity index (χ0n) is 8.21. The van der Waals surface area contributed by atoms with Crippen LogP contribution in [-0.2, 0) is 0 Å². The fourth-order valence-corrected chi connectivity index (χ4v) is 2.71. The van der Waals surface area contributed by atoms with Crippen molar-refractivity contribution in [2.45, 2.75) is 45.1 Å². The van der Waals surface area contributed by atoms with Gasteiger partial charge in [-0.1, -0.05) is 13.8 Å². The predicted octanol–water partition coefficient (Wildman–Crippen LogP) is 1.52. The quantitative estimate of drug-likeness (QED) is 0.661. The second kappa shape index (κ2) is 3.75. The Morgan fingerprint density at radius 1 is 1.33 bits per heavy atom. The van der Waals surface area contributed by atoms with Crippen LogP contribution in [0.2, 0.25) is 0 Å². The van der Waals surface area contributed by atoms with E-state index in [1.807, 2.05) is 0 Å². The van der Waals surface area contributed by atoms with Gasteiger partial charge < -0.3 is 10.8 Å². The summed E-state index contributed by atoms with van der Waals surface area (Å²) >= 11 is 0. The monoisotopic (exact) mass is 171 g/mol. The van der Waals surface area contributed by atoms with Crippen LogP contribution >= 0.6 is 0 Å². The highest BCUT2D eigenvalue weighted by Gasteiger charge is 2.34. The maximum Gasteiger partial charge on any atom is 0.0664 e. The van der Waals surface area contributed by atoms with Gasteiger partial charge in [-0.15, -0.1) is 0 Å². The maximum absolute atomic E-state index is 10.1. The molecule has 1 aliphatic rings. The van der Waals surface area contributed by atoms with E-state index in [9.17, 15) is 5.11 Å². The zero-order chi connectivity index (χ0) is 9.19. The highest BCUT2D eigenvalue weighted by Crippen LogP contribution is 2.37. The first kappa shape index (κ1) is 10.0. The van der Waals surface area contributed by atoms with E-state index < -0.39 is 5.60 Å². The number of nitrogens with two attached hydrogens (primary N) is 1. The van der Waals surface area contributed by atoms with Crippen LogP contribution in [0.5, 0.6) is 0 Å². The topological polar surface area (TPSA) is 46.2 Å². The fraction of sp³-hybridized carbons (Fsp3) is 1.00. The van der Waals surface area contributed by atoms with Gasteiger partial charge in [0.15, 0.2) is 0 Å². The first-order valence-electron chi connectivity index (χ1n) is 4.98. The van der Waals surface area contributed by atoms with Crippen LogP contribution in [0.15, 0.2) is 0 Å². The second-order valence-corrected chi connectivity index (χ2v) is 4.62. The Morgan fingerprint density at radius 3 is 2.25 bits per heavy atom. The van der Waals surface area contributed by atoms with Crippen LogP contribution in [0.4, 0.5) is 0 Å². The van der Waals surface area contributed by atoms with Crippen LogP contribution in [-0.4, -0.2) is 17.3 Å². The molecule has 2 unspecified atom stereocenters. The summed E-state index contributed by atoms with van der Waals surface area (Å²) in [7, 11) is 0. The van der Waals surface area contributed by atoms with Crippen molar-refractivity contribution in [3.8, 4) is 0 Å². The van der Waals surface area contributed by atoms with E-state index in [0.29, 0.717) is 18.4 Å². The Morgan fingerprint density at radius 2 is 1.83 bits per heavy atom. The summed E-state index contributed by atoms with van der Waals surface area (Å²) in [5.41, 5.74) is 5.02. The first-order chi connectivity index (χ1) is 5.56. The van der Waals surface area contributed by atoms with E-state index >= 15 is 0 Å². The minimum Gasteiger partial charge on any atom is -0.390 e. The van der Waals surface area contributed by atoms with Crippen molar-refractivity contribution in [3.05, 3.63) is 0 Å². The van der Waals surface area contributed by atoms with Gasteiger partial charge in [0.25, 0.3) is 0 Å². The number of aliphatic hydroxyl groups is 1. The molecule has 0 spiro atoms. The van der Waals surface area contributed by atoms with E-state index in [2.05, 4.69) is 13.8 Å². The molecule has 2 atom stereocenters. The van der Waals surface area contributed by atoms with E-state index in [0.717, 1.165) is 19.3 Å². The summed E-state index contributed by atoms with van der Waals surface area (Å²) in [5, 5.41) is 10.1. The van der Waals surface area contributed by atoms with Crippen LogP contribution in [0.25, 0.3) is 0 Å². The van der Waals surface area contributed by atoms with E-state index in [1.54, 1.807) is 0 Å². The molecule has 1 rings (SSSR count). The molecule has 2 heteroatoms. The molecule has 0 radical (unpaired) electrons. The van der Waals surface area contributed by atoms with Crippen molar-refractivity contribution in [3.63, 3.8) is 0 Å². The molecule has 0 aromatic carbocycles. The summed E-state index contributed by atoms with van der Waals surface area (Å²) < 4.78 is 0. The van der Waals surface area contributed by atoms with Gasteiger partial charge in [-0.25, -0.2) is 0 Å². The summed E-state index contributed by atoms with van der Waals surface area (Å²) in [6.45, 7) is 5.05. The Labute approximate surface area is 75.2 Å². The lowest BCUT2D eigenvalue weighted by Crippen LogP contribution is -2.39. The SMILES string of the molecule is CC1CC(C)CC(O)(CCN)C1. The molecule has 3 N–H and O–H groups in total. The van der Waals surface area contributed by atoms with Gasteiger partial charge in [0.2, 0.25) is 0 Å². The molecular weight excluding hydrogens is 150 g/mol. The summed E-state index contributed by atoms with van der Waals surface area (Å²) in [6, 6.07) is 0. The van der Waals surface area contributed by atoms with Crippen molar-refractivity contribution in [2.75, 3.05) is 6.54 Å². The van der Waals surface area contributed by atoms with E-state index in [-0.39, 0.29) is 0 Å². The molecule has 0 aliphatic heterocycles. The third kappa shape index (κ3) is 2.46. The van der Waals surface area contributed by atoms with Gasteiger partial charge in [0.05, 0.1) is 5.60 Å². The first-order valence-corrected chi connectivity index (χ1v) is 4.98. The Balaban J connectivity index is 2.52. The molecule has 0 amide bonds. The second-order valence-electron chi connectivity index (χ2n) is 4.62. The maximum atomic E-state index is 10.1. The molecule has 0 bridgehead atoms. The molecule has 0 heterocycles. The van der Waals surface area contributed by atoms with Gasteiger partial charge in [-0.3, -0.25) is 0 Å². The van der Waals surface area contributed by atoms with Crippen LogP contribution in [0.3, 0.4) is 0 Å². The van der Waals surface area contributed by atoms with Crippen molar-refractivity contribution in [1.29, 1.82) is 0 Å². The highest BCUT2D eigenvalue weighted by atomic mass is 16.3. The Hall–Kier alpha value is -0.0800. The van der Waals surface area contributed by atoms with Gasteiger partial charge in [-0.05, 0) is 44.1 Å². The third-order valence-electron chi connectivity index (χ3n) is 2.87. The Kier molecular flexibility index (Phi) is 3.13. The van der Waals surface area contributed by atoms with Crippen LogP contribution < -0.4 is 5.73 Å². The average Bonchev–Trinajstić information content (AvgIpc) is 1.82. The molecule has 1 aliphatic carbocycles. The predicted molar refractivity (Wildman–Crippen MR) is 50.8 cm³/mol. The smallest absolute Gasteiger partial charge is 0.0664 e. The van der Waals surface area contributed by atoms with Crippen LogP contribution in [0.1, 0.15) is 39.5 Å². The number of hydrogen-bond acceptors (Lipinski definition) is 2. The molecule has 0 aromatic rings. The summed E-state index contributed by atoms with van der Waals surface area (Å²) in [5.74, 6) is 1.32. The average molecular weight is 171 g/mol. The molecule has 1 saturated carbocycles. The van der Waals surface area contributed by atoms with Gasteiger partial charge in [0, 0.05) is 0 Å². The van der Waals surface area contributed by atoms with E-state index in [1.165, 1.54) is 6.42 Å². The highest BCUT2D eigenvalue weighted by molar-refractivity contribution is 4.87. The molecule has 2 nitrogen and oxygen atoms in total. The van der Waals surface area contributed by atoms with Crippen LogP contribution in [0, 0.1) is 11.8 Å². The van der Waals surface area contributed by atoms with E-state index in [4.69, 9.17) is 5.73 Å². The standard InChI is InChI=1S/C10H21NO/c1-8-5-9(2)7-10(12,6-8)3-4-11/h8-9,12H,3-7,11H2,1-2H3. The molecule has 0 saturated heterocycles. The molecule has 12 heavy (non-hydrogen) atoms. The Bertz CT molecular complexity index is 137. The minimum atomic E-state index is -0.453. The molecule has 1 fully saturated rings. The van der Waals surface area contributed by atoms with Gasteiger partial charge >= 0.3 is 0 Å². The number of rotatable bonds is 2. The number of hydrogen-bond donors (Lipinski definition) is 2. The van der Waals surface area contributed by atoms with Crippen molar-refractivity contribution >= 4 is 0 Å². The fourth-order valence-electron chi connectivity index (χ4n) is 2.71. The normalized spacial score (nSPS) is 43.0. The van der Waals surface area contributed by atoms with Crippen molar-refractivity contribution in [1.82, 2.24) is 0 Å². The molecule has 0 aromatic heterocycles. The summed E-state index contributed by atoms with van der Waals surface area (Å²) in [6.07, 6.45) is 3.90.